The number of benzene rings is 1. The Kier molecular flexibility index (Phi) is 8.70. The molecule has 0 aliphatic carbocycles. The average molecular weight is 563 g/mol. The van der Waals surface area contributed by atoms with Crippen molar-refractivity contribution in [3.8, 4) is 17.0 Å². The van der Waals surface area contributed by atoms with Crippen molar-refractivity contribution >= 4 is 17.4 Å². The normalized spacial score (nSPS) is 21.4. The van der Waals surface area contributed by atoms with Gasteiger partial charge in [0.2, 0.25) is 5.88 Å². The number of pyridine rings is 1. The summed E-state index contributed by atoms with van der Waals surface area (Å²) in [7, 11) is 0. The highest BCUT2D eigenvalue weighted by atomic mass is 19.4. The first-order valence-corrected chi connectivity index (χ1v) is 14.0. The molecule has 1 aromatic carbocycles. The number of nitrogens with zero attached hydrogens (tertiary/aromatic N) is 3. The molecule has 0 spiro atoms. The SMILES string of the molecule is Cc1ccc(NC(=O)N2CCC(C(C)C(F)(F)F)C2)cc1-c1cnc(OC2CCOCC2)c(N2CCOCC2)c1. The molecule has 5 rings (SSSR count). The van der Waals surface area contributed by atoms with E-state index in [9.17, 15) is 18.0 Å². The average Bonchev–Trinajstić information content (AvgIpc) is 3.45. The summed E-state index contributed by atoms with van der Waals surface area (Å²) < 4.78 is 56.8. The molecule has 3 saturated heterocycles. The summed E-state index contributed by atoms with van der Waals surface area (Å²) in [4.78, 5) is 21.4. The van der Waals surface area contributed by atoms with Crippen LogP contribution in [0.5, 0.6) is 5.88 Å². The van der Waals surface area contributed by atoms with Gasteiger partial charge in [-0.15, -0.1) is 0 Å². The molecule has 2 amide bonds. The molecule has 218 valence electrons. The van der Waals surface area contributed by atoms with Crippen molar-refractivity contribution in [1.29, 1.82) is 0 Å². The second-order valence-electron chi connectivity index (χ2n) is 10.9. The lowest BCUT2D eigenvalue weighted by molar-refractivity contribution is -0.182. The molecule has 2 unspecified atom stereocenters. The lowest BCUT2D eigenvalue weighted by atomic mass is 9.93. The highest BCUT2D eigenvalue weighted by Crippen LogP contribution is 2.37. The maximum atomic E-state index is 13.2. The van der Waals surface area contributed by atoms with Crippen molar-refractivity contribution < 1.29 is 32.2 Å². The predicted octanol–water partition coefficient (Wildman–Crippen LogP) is 5.50. The summed E-state index contributed by atoms with van der Waals surface area (Å²) in [5, 5.41) is 2.88. The maximum Gasteiger partial charge on any atom is 0.391 e. The van der Waals surface area contributed by atoms with Crippen LogP contribution < -0.4 is 15.0 Å². The molecule has 1 aromatic heterocycles. The number of hydrogen-bond donors (Lipinski definition) is 1. The molecule has 3 aliphatic rings. The largest absolute Gasteiger partial charge is 0.473 e. The Morgan fingerprint density at radius 1 is 1.07 bits per heavy atom. The molecule has 2 atom stereocenters. The fraction of sp³-hybridized carbons (Fsp3) is 0.586. The van der Waals surface area contributed by atoms with E-state index in [1.807, 2.05) is 25.1 Å². The molecule has 2 aromatic rings. The number of amides is 2. The predicted molar refractivity (Wildman–Crippen MR) is 146 cm³/mol. The Bertz CT molecular complexity index is 1180. The minimum atomic E-state index is -4.26. The van der Waals surface area contributed by atoms with Gasteiger partial charge >= 0.3 is 12.2 Å². The molecule has 8 nitrogen and oxygen atoms in total. The highest BCUT2D eigenvalue weighted by molar-refractivity contribution is 5.90. The number of likely N-dealkylation sites (tertiary alicyclic amines) is 1. The number of ether oxygens (including phenoxy) is 3. The zero-order valence-electron chi connectivity index (χ0n) is 23.0. The lowest BCUT2D eigenvalue weighted by Gasteiger charge is -2.31. The number of carbonyl (C=O) groups excluding carboxylic acids is 1. The van der Waals surface area contributed by atoms with Gasteiger partial charge in [0.1, 0.15) is 11.8 Å². The third-order valence-electron chi connectivity index (χ3n) is 8.17. The number of halogens is 3. The number of alkyl halides is 3. The van der Waals surface area contributed by atoms with E-state index < -0.39 is 18.0 Å². The van der Waals surface area contributed by atoms with E-state index in [-0.39, 0.29) is 18.7 Å². The minimum absolute atomic E-state index is 0.0523. The standard InChI is InChI=1S/C29H37F3N4O4/c1-19-3-4-23(34-28(37)36-8-5-21(18-36)20(2)29(30,31)32)16-25(19)22-15-26(35-9-13-39-14-10-35)27(33-17-22)40-24-6-11-38-12-7-24/h3-4,15-17,20-21,24H,5-14,18H2,1-2H3,(H,34,37). The van der Waals surface area contributed by atoms with Crippen molar-refractivity contribution in [1.82, 2.24) is 9.88 Å². The topological polar surface area (TPSA) is 76.2 Å². The van der Waals surface area contributed by atoms with Crippen LogP contribution in [0.25, 0.3) is 11.1 Å². The van der Waals surface area contributed by atoms with Crippen LogP contribution in [0.15, 0.2) is 30.5 Å². The van der Waals surface area contributed by atoms with E-state index in [1.54, 1.807) is 6.20 Å². The number of aryl methyl sites for hydroxylation is 1. The summed E-state index contributed by atoms with van der Waals surface area (Å²) in [5.74, 6) is -1.44. The number of carbonyl (C=O) groups is 1. The van der Waals surface area contributed by atoms with E-state index in [1.165, 1.54) is 11.8 Å². The Morgan fingerprint density at radius 2 is 1.80 bits per heavy atom. The zero-order valence-corrected chi connectivity index (χ0v) is 23.0. The van der Waals surface area contributed by atoms with Gasteiger partial charge in [-0.1, -0.05) is 13.0 Å². The summed E-state index contributed by atoms with van der Waals surface area (Å²) in [6.07, 6.45) is -0.444. The second kappa shape index (κ2) is 12.2. The number of nitrogens with one attached hydrogen (secondary N) is 1. The van der Waals surface area contributed by atoms with Crippen molar-refractivity contribution in [2.24, 2.45) is 11.8 Å². The Balaban J connectivity index is 1.34. The molecular weight excluding hydrogens is 525 g/mol. The first-order chi connectivity index (χ1) is 19.2. The number of morpholine rings is 1. The number of aromatic nitrogens is 1. The first-order valence-electron chi connectivity index (χ1n) is 14.0. The van der Waals surface area contributed by atoms with Gasteiger partial charge in [0, 0.05) is 56.5 Å². The number of rotatable bonds is 6. The van der Waals surface area contributed by atoms with Gasteiger partial charge in [-0.3, -0.25) is 0 Å². The second-order valence-corrected chi connectivity index (χ2v) is 10.9. The van der Waals surface area contributed by atoms with Gasteiger partial charge in [0.15, 0.2) is 0 Å². The summed E-state index contributed by atoms with van der Waals surface area (Å²) in [6.45, 7) is 7.63. The fourth-order valence-corrected chi connectivity index (χ4v) is 5.52. The van der Waals surface area contributed by atoms with E-state index in [4.69, 9.17) is 19.2 Å². The van der Waals surface area contributed by atoms with Gasteiger partial charge in [-0.25, -0.2) is 9.78 Å². The van der Waals surface area contributed by atoms with Crippen LogP contribution in [-0.4, -0.2) is 80.8 Å². The number of urea groups is 1. The van der Waals surface area contributed by atoms with E-state index in [0.29, 0.717) is 51.0 Å². The summed E-state index contributed by atoms with van der Waals surface area (Å²) >= 11 is 0. The van der Waals surface area contributed by atoms with E-state index in [0.717, 1.165) is 48.3 Å². The molecule has 1 N–H and O–H groups in total. The first kappa shape index (κ1) is 28.5. The molecule has 3 aliphatic heterocycles. The zero-order chi connectivity index (χ0) is 28.3. The number of hydrogen-bond acceptors (Lipinski definition) is 6. The molecule has 0 saturated carbocycles. The molecular formula is C29H37F3N4O4. The molecule has 3 fully saturated rings. The third kappa shape index (κ3) is 6.63. The fourth-order valence-electron chi connectivity index (χ4n) is 5.52. The molecule has 4 heterocycles. The maximum absolute atomic E-state index is 13.2. The van der Waals surface area contributed by atoms with Crippen molar-refractivity contribution in [2.45, 2.75) is 45.4 Å². The third-order valence-corrected chi connectivity index (χ3v) is 8.17. The monoisotopic (exact) mass is 562 g/mol. The number of anilines is 2. The van der Waals surface area contributed by atoms with Gasteiger partial charge in [0.25, 0.3) is 0 Å². The van der Waals surface area contributed by atoms with Crippen LogP contribution in [0.1, 0.15) is 31.7 Å². The summed E-state index contributed by atoms with van der Waals surface area (Å²) in [5.41, 5.74) is 4.28. The van der Waals surface area contributed by atoms with Crippen LogP contribution >= 0.6 is 0 Å². The quantitative estimate of drug-likeness (QED) is 0.501. The van der Waals surface area contributed by atoms with Gasteiger partial charge in [0.05, 0.1) is 32.3 Å². The van der Waals surface area contributed by atoms with Crippen molar-refractivity contribution in [3.63, 3.8) is 0 Å². The smallest absolute Gasteiger partial charge is 0.391 e. The molecule has 40 heavy (non-hydrogen) atoms. The Labute approximate surface area is 232 Å². The molecule has 0 radical (unpaired) electrons. The Hall–Kier alpha value is -3.05. The van der Waals surface area contributed by atoms with E-state index >= 15 is 0 Å². The van der Waals surface area contributed by atoms with Gasteiger partial charge < -0.3 is 29.3 Å². The molecule has 0 bridgehead atoms. The lowest BCUT2D eigenvalue weighted by Crippen LogP contribution is -2.37. The van der Waals surface area contributed by atoms with Gasteiger partial charge in [-0.2, -0.15) is 13.2 Å². The van der Waals surface area contributed by atoms with Crippen LogP contribution in [0.3, 0.4) is 0 Å². The van der Waals surface area contributed by atoms with Crippen LogP contribution in [0.2, 0.25) is 0 Å². The Morgan fingerprint density at radius 3 is 2.52 bits per heavy atom. The highest BCUT2D eigenvalue weighted by Gasteiger charge is 2.44. The van der Waals surface area contributed by atoms with Crippen LogP contribution in [-0.2, 0) is 9.47 Å². The summed E-state index contributed by atoms with van der Waals surface area (Å²) in [6, 6.07) is 7.30. The minimum Gasteiger partial charge on any atom is -0.473 e. The van der Waals surface area contributed by atoms with Crippen LogP contribution in [0, 0.1) is 18.8 Å². The van der Waals surface area contributed by atoms with E-state index in [2.05, 4.69) is 16.3 Å². The van der Waals surface area contributed by atoms with Gasteiger partial charge in [-0.05, 0) is 48.6 Å². The van der Waals surface area contributed by atoms with Crippen LogP contribution in [0.4, 0.5) is 29.3 Å². The van der Waals surface area contributed by atoms with Crippen molar-refractivity contribution in [2.75, 3.05) is 62.8 Å². The van der Waals surface area contributed by atoms with Crippen molar-refractivity contribution in [3.05, 3.63) is 36.0 Å². The molecule has 11 heteroatoms.